The lowest BCUT2D eigenvalue weighted by Gasteiger charge is -2.30. The molecule has 5 nitrogen and oxygen atoms in total. The van der Waals surface area contributed by atoms with Gasteiger partial charge in [-0.15, -0.1) is 0 Å². The molecule has 0 radical (unpaired) electrons. The molecule has 122 valence electrons. The second-order valence-electron chi connectivity index (χ2n) is 6.32. The first-order valence-electron chi connectivity index (χ1n) is 8.04. The Morgan fingerprint density at radius 3 is 2.74 bits per heavy atom. The van der Waals surface area contributed by atoms with E-state index in [1.54, 1.807) is 6.92 Å². The standard InChI is InChI=1S/C18H23N3O2/c1-13-14(2)19-12-21(18(13)23)11-17(22)10-20-8-7-15-5-3-4-6-16(15)9-20/h3-6,12,17,22H,7-11H2,1-2H3/t17-/m0/s1. The molecule has 2 aromatic rings. The van der Waals surface area contributed by atoms with E-state index in [2.05, 4.69) is 34.1 Å². The Morgan fingerprint density at radius 1 is 1.22 bits per heavy atom. The molecule has 0 unspecified atom stereocenters. The fourth-order valence-corrected chi connectivity index (χ4v) is 3.10. The zero-order chi connectivity index (χ0) is 16.4. The third-order valence-electron chi connectivity index (χ3n) is 4.60. The third kappa shape index (κ3) is 3.51. The monoisotopic (exact) mass is 313 g/mol. The first kappa shape index (κ1) is 15.9. The van der Waals surface area contributed by atoms with Gasteiger partial charge in [-0.25, -0.2) is 4.98 Å². The molecule has 1 aliphatic rings. The van der Waals surface area contributed by atoms with Crippen molar-refractivity contribution in [1.82, 2.24) is 14.5 Å². The van der Waals surface area contributed by atoms with E-state index in [9.17, 15) is 9.90 Å². The summed E-state index contributed by atoms with van der Waals surface area (Å²) < 4.78 is 1.50. The number of hydrogen-bond acceptors (Lipinski definition) is 4. The number of rotatable bonds is 4. The topological polar surface area (TPSA) is 58.4 Å². The van der Waals surface area contributed by atoms with E-state index >= 15 is 0 Å². The van der Waals surface area contributed by atoms with E-state index in [1.807, 2.05) is 6.92 Å². The number of nitrogens with zero attached hydrogens (tertiary/aromatic N) is 3. The molecule has 0 bridgehead atoms. The summed E-state index contributed by atoms with van der Waals surface area (Å²) in [5.74, 6) is 0. The molecule has 1 atom stereocenters. The second-order valence-corrected chi connectivity index (χ2v) is 6.32. The summed E-state index contributed by atoms with van der Waals surface area (Å²) in [7, 11) is 0. The Hall–Kier alpha value is -1.98. The quantitative estimate of drug-likeness (QED) is 0.924. The number of fused-ring (bicyclic) bond motifs is 1. The van der Waals surface area contributed by atoms with Crippen molar-refractivity contribution in [2.75, 3.05) is 13.1 Å². The van der Waals surface area contributed by atoms with Crippen LogP contribution in [0.3, 0.4) is 0 Å². The molecule has 0 amide bonds. The number of benzene rings is 1. The molecule has 0 aliphatic carbocycles. The van der Waals surface area contributed by atoms with Gasteiger partial charge < -0.3 is 5.11 Å². The minimum atomic E-state index is -0.582. The maximum Gasteiger partial charge on any atom is 0.256 e. The van der Waals surface area contributed by atoms with Crippen LogP contribution in [-0.2, 0) is 19.5 Å². The van der Waals surface area contributed by atoms with Gasteiger partial charge >= 0.3 is 0 Å². The smallest absolute Gasteiger partial charge is 0.256 e. The van der Waals surface area contributed by atoms with Crippen LogP contribution in [-0.4, -0.2) is 38.8 Å². The maximum absolute atomic E-state index is 12.2. The van der Waals surface area contributed by atoms with Gasteiger partial charge in [0.25, 0.3) is 5.56 Å². The van der Waals surface area contributed by atoms with Gasteiger partial charge in [-0.05, 0) is 31.4 Å². The van der Waals surface area contributed by atoms with E-state index in [-0.39, 0.29) is 12.1 Å². The summed E-state index contributed by atoms with van der Waals surface area (Å²) in [5, 5.41) is 10.4. The van der Waals surface area contributed by atoms with E-state index in [0.717, 1.165) is 25.2 Å². The Labute approximate surface area is 136 Å². The predicted molar refractivity (Wildman–Crippen MR) is 89.4 cm³/mol. The minimum Gasteiger partial charge on any atom is -0.390 e. The summed E-state index contributed by atoms with van der Waals surface area (Å²) >= 11 is 0. The molecule has 23 heavy (non-hydrogen) atoms. The summed E-state index contributed by atoms with van der Waals surface area (Å²) in [5.41, 5.74) is 4.05. The first-order valence-corrected chi connectivity index (χ1v) is 8.04. The summed E-state index contributed by atoms with van der Waals surface area (Å²) in [4.78, 5) is 18.6. The van der Waals surface area contributed by atoms with Crippen molar-refractivity contribution in [2.45, 2.75) is 39.5 Å². The lowest BCUT2D eigenvalue weighted by molar-refractivity contribution is 0.0906. The first-order chi connectivity index (χ1) is 11.0. The Morgan fingerprint density at radius 2 is 1.96 bits per heavy atom. The molecule has 1 N–H and O–H groups in total. The molecular formula is C18H23N3O2. The highest BCUT2D eigenvalue weighted by atomic mass is 16.3. The highest BCUT2D eigenvalue weighted by Gasteiger charge is 2.19. The number of aryl methyl sites for hydroxylation is 1. The molecule has 2 heterocycles. The molecule has 0 saturated heterocycles. The second kappa shape index (κ2) is 6.64. The van der Waals surface area contributed by atoms with E-state index in [4.69, 9.17) is 0 Å². The average Bonchev–Trinajstić information content (AvgIpc) is 2.55. The van der Waals surface area contributed by atoms with Crippen molar-refractivity contribution in [3.8, 4) is 0 Å². The molecule has 0 saturated carbocycles. The molecule has 5 heteroatoms. The normalized spacial score (nSPS) is 16.1. The van der Waals surface area contributed by atoms with Gasteiger partial charge in [0.05, 0.1) is 19.0 Å². The SMILES string of the molecule is Cc1ncn(C[C@@H](O)CN2CCc3ccccc3C2)c(=O)c1C. The fraction of sp³-hybridized carbons (Fsp3) is 0.444. The molecule has 3 rings (SSSR count). The molecule has 0 fully saturated rings. The van der Waals surface area contributed by atoms with Crippen LogP contribution in [0, 0.1) is 13.8 Å². The summed E-state index contributed by atoms with van der Waals surface area (Å²) in [6.45, 7) is 6.23. The Kier molecular flexibility index (Phi) is 4.59. The zero-order valence-electron chi connectivity index (χ0n) is 13.7. The van der Waals surface area contributed by atoms with Gasteiger partial charge in [-0.3, -0.25) is 14.3 Å². The van der Waals surface area contributed by atoms with Crippen molar-refractivity contribution in [3.05, 3.63) is 63.3 Å². The van der Waals surface area contributed by atoms with E-state index in [1.165, 1.54) is 22.0 Å². The average molecular weight is 313 g/mol. The number of β-amino-alcohol motifs (C(OH)–C–C–N with tert-alkyl or cyclic N) is 1. The third-order valence-corrected chi connectivity index (χ3v) is 4.60. The molecule has 1 aromatic heterocycles. The number of hydrogen-bond donors (Lipinski definition) is 1. The molecular weight excluding hydrogens is 290 g/mol. The molecule has 1 aromatic carbocycles. The van der Waals surface area contributed by atoms with Gasteiger partial charge in [-0.2, -0.15) is 0 Å². The van der Waals surface area contributed by atoms with Crippen molar-refractivity contribution < 1.29 is 5.11 Å². The van der Waals surface area contributed by atoms with Gasteiger partial charge in [0.1, 0.15) is 0 Å². The van der Waals surface area contributed by atoms with Crippen LogP contribution in [0.2, 0.25) is 0 Å². The summed E-state index contributed by atoms with van der Waals surface area (Å²) in [6.07, 6.45) is 1.95. The van der Waals surface area contributed by atoms with Crippen LogP contribution in [0.5, 0.6) is 0 Å². The number of aromatic nitrogens is 2. The Balaban J connectivity index is 1.64. The van der Waals surface area contributed by atoms with Gasteiger partial charge in [0.15, 0.2) is 0 Å². The fourth-order valence-electron chi connectivity index (χ4n) is 3.10. The van der Waals surface area contributed by atoms with Crippen LogP contribution < -0.4 is 5.56 Å². The highest BCUT2D eigenvalue weighted by molar-refractivity contribution is 5.29. The number of aliphatic hydroxyl groups is 1. The predicted octanol–water partition coefficient (Wildman–Crippen LogP) is 1.28. The van der Waals surface area contributed by atoms with Crippen molar-refractivity contribution >= 4 is 0 Å². The van der Waals surface area contributed by atoms with E-state index in [0.29, 0.717) is 12.1 Å². The largest absolute Gasteiger partial charge is 0.390 e. The van der Waals surface area contributed by atoms with Crippen LogP contribution >= 0.6 is 0 Å². The number of aliphatic hydroxyl groups excluding tert-OH is 1. The minimum absolute atomic E-state index is 0.0689. The molecule has 1 aliphatic heterocycles. The van der Waals surface area contributed by atoms with Gasteiger partial charge in [0, 0.05) is 30.9 Å². The van der Waals surface area contributed by atoms with Gasteiger partial charge in [-0.1, -0.05) is 24.3 Å². The van der Waals surface area contributed by atoms with Gasteiger partial charge in [0.2, 0.25) is 0 Å². The van der Waals surface area contributed by atoms with E-state index < -0.39 is 6.10 Å². The van der Waals surface area contributed by atoms with Crippen molar-refractivity contribution in [3.63, 3.8) is 0 Å². The van der Waals surface area contributed by atoms with Crippen molar-refractivity contribution in [1.29, 1.82) is 0 Å². The highest BCUT2D eigenvalue weighted by Crippen LogP contribution is 2.18. The maximum atomic E-state index is 12.2. The zero-order valence-corrected chi connectivity index (χ0v) is 13.7. The van der Waals surface area contributed by atoms with Crippen LogP contribution in [0.15, 0.2) is 35.4 Å². The van der Waals surface area contributed by atoms with Crippen LogP contribution in [0.4, 0.5) is 0 Å². The van der Waals surface area contributed by atoms with Crippen LogP contribution in [0.25, 0.3) is 0 Å². The van der Waals surface area contributed by atoms with Crippen molar-refractivity contribution in [2.24, 2.45) is 0 Å². The lowest BCUT2D eigenvalue weighted by atomic mass is 10.00. The van der Waals surface area contributed by atoms with Crippen LogP contribution in [0.1, 0.15) is 22.4 Å². The Bertz CT molecular complexity index is 754. The summed E-state index contributed by atoms with van der Waals surface area (Å²) in [6, 6.07) is 8.44. The lowest BCUT2D eigenvalue weighted by Crippen LogP contribution is -2.39. The molecule has 0 spiro atoms.